The molecule has 2 amide bonds. The van der Waals surface area contributed by atoms with Gasteiger partial charge in [-0.2, -0.15) is 0 Å². The number of halogens is 2. The summed E-state index contributed by atoms with van der Waals surface area (Å²) in [5.74, 6) is -1.06. The summed E-state index contributed by atoms with van der Waals surface area (Å²) in [4.78, 5) is 30.6. The number of aliphatic hydroxyl groups excluding tert-OH is 1. The van der Waals surface area contributed by atoms with Crippen LogP contribution in [-0.4, -0.2) is 56.0 Å². The van der Waals surface area contributed by atoms with Crippen LogP contribution in [0.15, 0.2) is 61.2 Å². The quantitative estimate of drug-likeness (QED) is 0.272. The van der Waals surface area contributed by atoms with Gasteiger partial charge in [0.2, 0.25) is 14.3 Å². The lowest BCUT2D eigenvalue weighted by atomic mass is 9.82. The maximum absolute atomic E-state index is 15.9. The molecule has 1 spiro atoms. The zero-order valence-corrected chi connectivity index (χ0v) is 23.2. The first-order valence-electron chi connectivity index (χ1n) is 12.6. The highest BCUT2D eigenvalue weighted by atomic mass is 35.5. The fourth-order valence-corrected chi connectivity index (χ4v) is 8.71. The van der Waals surface area contributed by atoms with Crippen LogP contribution >= 0.6 is 11.6 Å². The second-order valence-electron chi connectivity index (χ2n) is 10.4. The van der Waals surface area contributed by atoms with Crippen molar-refractivity contribution < 1.29 is 23.5 Å². The van der Waals surface area contributed by atoms with Gasteiger partial charge in [-0.1, -0.05) is 54.9 Å². The van der Waals surface area contributed by atoms with E-state index in [0.717, 1.165) is 5.56 Å². The van der Waals surface area contributed by atoms with Gasteiger partial charge in [0.05, 0.1) is 24.8 Å². The van der Waals surface area contributed by atoms with E-state index in [1.165, 1.54) is 0 Å². The fourth-order valence-electron chi connectivity index (χ4n) is 6.05. The van der Waals surface area contributed by atoms with E-state index in [4.69, 9.17) is 16.3 Å². The molecule has 2 heterocycles. The van der Waals surface area contributed by atoms with Gasteiger partial charge in [0.1, 0.15) is 0 Å². The van der Waals surface area contributed by atoms with Gasteiger partial charge >= 0.3 is 0 Å². The van der Waals surface area contributed by atoms with Crippen molar-refractivity contribution in [3.05, 3.63) is 77.3 Å². The third-order valence-corrected chi connectivity index (χ3v) is 10.2. The maximum Gasteiger partial charge on any atom is 0.264 e. The van der Waals surface area contributed by atoms with E-state index in [1.54, 1.807) is 47.2 Å². The van der Waals surface area contributed by atoms with Crippen molar-refractivity contribution in [2.75, 3.05) is 24.6 Å². The largest absolute Gasteiger partial charge is 0.395 e. The average molecular weight is 545 g/mol. The molecular formula is C28H34ClFN2O4Si. The Morgan fingerprint density at radius 2 is 2.00 bits per heavy atom. The molecule has 0 bridgehead atoms. The number of carbonyl (C=O) groups is 2. The predicted octanol–water partition coefficient (Wildman–Crippen LogP) is 5.06. The van der Waals surface area contributed by atoms with Crippen LogP contribution in [0.5, 0.6) is 0 Å². The maximum atomic E-state index is 15.9. The van der Waals surface area contributed by atoms with Crippen molar-refractivity contribution in [2.24, 2.45) is 5.92 Å². The number of ether oxygens (including phenoxy) is 1. The van der Waals surface area contributed by atoms with Crippen molar-refractivity contribution in [1.82, 2.24) is 4.90 Å². The van der Waals surface area contributed by atoms with Crippen molar-refractivity contribution in [2.45, 2.75) is 50.2 Å². The van der Waals surface area contributed by atoms with Gasteiger partial charge < -0.3 is 23.8 Å². The van der Waals surface area contributed by atoms with Gasteiger partial charge in [-0.3, -0.25) is 9.59 Å². The Balaban J connectivity index is 1.70. The molecule has 2 aliphatic heterocycles. The second-order valence-corrected chi connectivity index (χ2v) is 14.6. The molecule has 2 aliphatic rings. The number of nitrogens with zero attached hydrogens (tertiary/aromatic N) is 2. The minimum Gasteiger partial charge on any atom is -0.395 e. The molecule has 1 fully saturated rings. The van der Waals surface area contributed by atoms with Crippen LogP contribution in [0, 0.1) is 5.92 Å². The number of anilines is 1. The van der Waals surface area contributed by atoms with Gasteiger partial charge in [-0.25, -0.2) is 0 Å². The summed E-state index contributed by atoms with van der Waals surface area (Å²) in [6, 6.07) is 14.7. The number of fused-ring (bicyclic) bond motifs is 2. The van der Waals surface area contributed by atoms with Crippen molar-refractivity contribution in [1.29, 1.82) is 0 Å². The van der Waals surface area contributed by atoms with Crippen LogP contribution < -0.4 is 4.90 Å². The Hall–Kier alpha value is -2.52. The predicted molar refractivity (Wildman–Crippen MR) is 146 cm³/mol. The summed E-state index contributed by atoms with van der Waals surface area (Å²) in [6.07, 6.45) is 0.747. The van der Waals surface area contributed by atoms with Crippen LogP contribution in [0.1, 0.15) is 24.5 Å². The normalized spacial score (nSPS) is 25.0. The van der Waals surface area contributed by atoms with E-state index in [1.807, 2.05) is 37.3 Å². The Bertz CT molecular complexity index is 1170. The lowest BCUT2D eigenvalue weighted by Crippen LogP contribution is -2.45. The summed E-state index contributed by atoms with van der Waals surface area (Å²) >= 11 is 6.35. The Labute approximate surface area is 223 Å². The number of carbonyl (C=O) groups excluding carboxylic acids is 2. The first-order chi connectivity index (χ1) is 17.5. The third-order valence-electron chi connectivity index (χ3n) is 7.55. The highest BCUT2D eigenvalue weighted by Crippen LogP contribution is 2.60. The SMILES string of the molecule is C=CCN1C(=O)[C@@]2(O[C@@H](CC(=O)N(CCO)Cc3ccccc3)[C@H]([Si](C)(C)F)[C@H]2C)c2cc(Cl)ccc21. The molecule has 4 rings (SSSR count). The molecule has 9 heteroatoms. The minimum atomic E-state index is -3.41. The fraction of sp³-hybridized carbons (Fsp3) is 0.429. The molecule has 1 N–H and O–H groups in total. The summed E-state index contributed by atoms with van der Waals surface area (Å²) in [5.41, 5.74) is 0.151. The van der Waals surface area contributed by atoms with E-state index in [-0.39, 0.29) is 37.9 Å². The Morgan fingerprint density at radius 1 is 1.30 bits per heavy atom. The summed E-state index contributed by atoms with van der Waals surface area (Å²) in [5, 5.41) is 10.1. The number of aliphatic hydroxyl groups is 1. The molecule has 0 radical (unpaired) electrons. The lowest BCUT2D eigenvalue weighted by Gasteiger charge is -2.31. The second kappa shape index (κ2) is 10.7. The smallest absolute Gasteiger partial charge is 0.264 e. The van der Waals surface area contributed by atoms with E-state index in [9.17, 15) is 14.7 Å². The van der Waals surface area contributed by atoms with Gasteiger partial charge in [0, 0.05) is 41.7 Å². The molecule has 0 saturated carbocycles. The van der Waals surface area contributed by atoms with E-state index < -0.39 is 31.6 Å². The molecule has 2 aromatic rings. The van der Waals surface area contributed by atoms with E-state index in [0.29, 0.717) is 22.8 Å². The molecule has 1 saturated heterocycles. The monoisotopic (exact) mass is 544 g/mol. The van der Waals surface area contributed by atoms with E-state index in [2.05, 4.69) is 6.58 Å². The highest BCUT2D eigenvalue weighted by molar-refractivity contribution is 6.72. The topological polar surface area (TPSA) is 70.1 Å². The number of amides is 2. The molecule has 4 atom stereocenters. The van der Waals surface area contributed by atoms with Crippen molar-refractivity contribution >= 4 is 37.5 Å². The third kappa shape index (κ3) is 5.00. The van der Waals surface area contributed by atoms with Crippen LogP contribution in [0.3, 0.4) is 0 Å². The number of rotatable bonds is 9. The van der Waals surface area contributed by atoms with E-state index >= 15 is 4.11 Å². The zero-order chi connectivity index (χ0) is 27.0. The molecule has 0 unspecified atom stereocenters. The van der Waals surface area contributed by atoms with Gasteiger partial charge in [0.15, 0.2) is 5.60 Å². The summed E-state index contributed by atoms with van der Waals surface area (Å²) in [6.45, 7) is 9.37. The average Bonchev–Trinajstić information content (AvgIpc) is 3.26. The van der Waals surface area contributed by atoms with Crippen molar-refractivity contribution in [3.8, 4) is 0 Å². The van der Waals surface area contributed by atoms with Crippen LogP contribution in [0.4, 0.5) is 9.80 Å². The zero-order valence-electron chi connectivity index (χ0n) is 21.5. The first-order valence-corrected chi connectivity index (χ1v) is 15.9. The number of hydrogen-bond donors (Lipinski definition) is 1. The lowest BCUT2D eigenvalue weighted by molar-refractivity contribution is -0.149. The summed E-state index contributed by atoms with van der Waals surface area (Å²) in [7, 11) is -3.41. The molecule has 2 aromatic carbocycles. The summed E-state index contributed by atoms with van der Waals surface area (Å²) < 4.78 is 22.5. The minimum absolute atomic E-state index is 0.0887. The molecule has 0 aromatic heterocycles. The molecular weight excluding hydrogens is 511 g/mol. The molecule has 0 aliphatic carbocycles. The van der Waals surface area contributed by atoms with Gasteiger partial charge in [-0.05, 0) is 36.9 Å². The van der Waals surface area contributed by atoms with Crippen LogP contribution in [0.2, 0.25) is 23.7 Å². The number of hydrogen-bond acceptors (Lipinski definition) is 4. The first kappa shape index (κ1) is 27.5. The van der Waals surface area contributed by atoms with Gasteiger partial charge in [0.25, 0.3) is 5.91 Å². The Kier molecular flexibility index (Phi) is 7.95. The van der Waals surface area contributed by atoms with Gasteiger partial charge in [-0.15, -0.1) is 6.58 Å². The Morgan fingerprint density at radius 3 is 2.62 bits per heavy atom. The number of benzene rings is 2. The molecule has 6 nitrogen and oxygen atoms in total. The highest BCUT2D eigenvalue weighted by Gasteiger charge is 2.66. The van der Waals surface area contributed by atoms with Crippen LogP contribution in [-0.2, 0) is 26.5 Å². The standard InChI is InChI=1S/C28H34ClFN2O4Si/c1-5-13-32-23-12-11-21(29)16-22(23)28(27(32)35)19(2)26(37(3,4)30)24(36-28)17-25(34)31(14-15-33)18-20-9-7-6-8-10-20/h5-12,16,19,24,26,33H,1,13-15,17-18H2,2-4H3/t19-,24+,26-,28+/m1/s1. The van der Waals surface area contributed by atoms with Crippen molar-refractivity contribution in [3.63, 3.8) is 0 Å². The molecule has 198 valence electrons. The van der Waals surface area contributed by atoms with Crippen LogP contribution in [0.25, 0.3) is 0 Å². The molecule has 37 heavy (non-hydrogen) atoms.